The third kappa shape index (κ3) is 6.11. The maximum absolute atomic E-state index is 13.4. The molecule has 0 amide bonds. The Bertz CT molecular complexity index is 1510. The van der Waals surface area contributed by atoms with Gasteiger partial charge in [0.05, 0.1) is 28.6 Å². The molecule has 1 N–H and O–H groups in total. The van der Waals surface area contributed by atoms with Crippen LogP contribution in [0.1, 0.15) is 48.8 Å². The molecule has 0 aliphatic rings. The van der Waals surface area contributed by atoms with E-state index >= 15 is 0 Å². The van der Waals surface area contributed by atoms with E-state index in [2.05, 4.69) is 4.98 Å². The molecule has 2 aromatic heterocycles. The van der Waals surface area contributed by atoms with Gasteiger partial charge in [-0.05, 0) is 45.4 Å². The molecular formula is C29H28Cl2N2O5. The smallest absolute Gasteiger partial charge is 0.340 e. The topological polar surface area (TPSA) is 90.7 Å². The number of aryl methyl sites for hydroxylation is 2. The number of esters is 2. The monoisotopic (exact) mass is 554 g/mol. The van der Waals surface area contributed by atoms with Crippen molar-refractivity contribution in [2.24, 2.45) is 0 Å². The molecule has 7 nitrogen and oxygen atoms in total. The van der Waals surface area contributed by atoms with Crippen molar-refractivity contribution in [1.29, 1.82) is 0 Å². The number of halogens is 2. The van der Waals surface area contributed by atoms with Crippen molar-refractivity contribution in [3.05, 3.63) is 81.6 Å². The maximum atomic E-state index is 13.4. The molecule has 0 unspecified atom stereocenters. The first-order chi connectivity index (χ1) is 17.9. The number of carbonyl (C=O) groups is 2. The van der Waals surface area contributed by atoms with Gasteiger partial charge in [-0.3, -0.25) is 9.78 Å². The quantitative estimate of drug-likeness (QED) is 0.245. The second-order valence-electron chi connectivity index (χ2n) is 9.88. The number of rotatable bonds is 7. The molecule has 4 rings (SSSR count). The summed E-state index contributed by atoms with van der Waals surface area (Å²) in [5, 5.41) is 12.3. The zero-order valence-corrected chi connectivity index (χ0v) is 23.1. The van der Waals surface area contributed by atoms with E-state index < -0.39 is 17.5 Å². The van der Waals surface area contributed by atoms with Crippen LogP contribution in [0, 0.1) is 6.92 Å². The Hall–Kier alpha value is -3.55. The zero-order chi connectivity index (χ0) is 27.6. The molecule has 0 fully saturated rings. The van der Waals surface area contributed by atoms with E-state index in [1.165, 1.54) is 4.57 Å². The van der Waals surface area contributed by atoms with Gasteiger partial charge in [0.2, 0.25) is 5.88 Å². The molecule has 4 aromatic rings. The van der Waals surface area contributed by atoms with Gasteiger partial charge < -0.3 is 19.1 Å². The summed E-state index contributed by atoms with van der Waals surface area (Å²) in [5.74, 6) is -1.16. The van der Waals surface area contributed by atoms with Crippen molar-refractivity contribution in [3.8, 4) is 17.0 Å². The number of hydrogen-bond donors (Lipinski definition) is 1. The lowest BCUT2D eigenvalue weighted by Gasteiger charge is -2.19. The van der Waals surface area contributed by atoms with Gasteiger partial charge in [0.15, 0.2) is 0 Å². The number of ether oxygens (including phenoxy) is 2. The SMILES string of the molecule is Cc1nc2cn(CCC(=O)OC(C)(C)C)c(O)c2c(-c2ccc(Cl)cc2Cl)c1C(=O)OCc1ccccc1. The number of hydrogen-bond acceptors (Lipinski definition) is 6. The average molecular weight is 555 g/mol. The van der Waals surface area contributed by atoms with E-state index in [9.17, 15) is 14.7 Å². The van der Waals surface area contributed by atoms with Crippen LogP contribution >= 0.6 is 23.2 Å². The average Bonchev–Trinajstić information content (AvgIpc) is 3.15. The summed E-state index contributed by atoms with van der Waals surface area (Å²) in [6.07, 6.45) is 1.67. The van der Waals surface area contributed by atoms with Crippen LogP contribution in [0.4, 0.5) is 0 Å². The molecule has 0 aliphatic carbocycles. The summed E-state index contributed by atoms with van der Waals surface area (Å²) >= 11 is 12.7. The lowest BCUT2D eigenvalue weighted by molar-refractivity contribution is -0.155. The highest BCUT2D eigenvalue weighted by Gasteiger charge is 2.27. The summed E-state index contributed by atoms with van der Waals surface area (Å²) < 4.78 is 12.5. The van der Waals surface area contributed by atoms with Crippen LogP contribution in [-0.4, -0.2) is 32.2 Å². The summed E-state index contributed by atoms with van der Waals surface area (Å²) in [7, 11) is 0. The molecule has 0 atom stereocenters. The van der Waals surface area contributed by atoms with Gasteiger partial charge in [-0.25, -0.2) is 4.79 Å². The lowest BCUT2D eigenvalue weighted by atomic mass is 9.95. The summed E-state index contributed by atoms with van der Waals surface area (Å²) in [4.78, 5) is 30.3. The minimum Gasteiger partial charge on any atom is -0.494 e. The van der Waals surface area contributed by atoms with Crippen molar-refractivity contribution < 1.29 is 24.2 Å². The molecule has 2 aromatic carbocycles. The molecule has 0 bridgehead atoms. The van der Waals surface area contributed by atoms with Crippen LogP contribution in [0.15, 0.2) is 54.7 Å². The molecule has 38 heavy (non-hydrogen) atoms. The Labute approximate surface area is 230 Å². The first-order valence-electron chi connectivity index (χ1n) is 12.1. The van der Waals surface area contributed by atoms with Crippen LogP contribution in [0.3, 0.4) is 0 Å². The van der Waals surface area contributed by atoms with Crippen LogP contribution in [0.2, 0.25) is 10.0 Å². The highest BCUT2D eigenvalue weighted by atomic mass is 35.5. The fourth-order valence-electron chi connectivity index (χ4n) is 4.18. The first kappa shape index (κ1) is 27.5. The van der Waals surface area contributed by atoms with Gasteiger partial charge in [-0.1, -0.05) is 59.6 Å². The molecule has 2 heterocycles. The van der Waals surface area contributed by atoms with E-state index in [-0.39, 0.29) is 31.0 Å². The molecule has 0 radical (unpaired) electrons. The van der Waals surface area contributed by atoms with Gasteiger partial charge in [0.25, 0.3) is 0 Å². The minimum absolute atomic E-state index is 0.0355. The molecular weight excluding hydrogens is 527 g/mol. The second kappa shape index (κ2) is 11.1. The molecule has 0 saturated carbocycles. The second-order valence-corrected chi connectivity index (χ2v) is 10.7. The van der Waals surface area contributed by atoms with Crippen molar-refractivity contribution in [1.82, 2.24) is 9.55 Å². The van der Waals surface area contributed by atoms with E-state index in [0.29, 0.717) is 37.8 Å². The molecule has 9 heteroatoms. The predicted octanol–water partition coefficient (Wildman–Crippen LogP) is 7.11. The van der Waals surface area contributed by atoms with Gasteiger partial charge in [0, 0.05) is 33.9 Å². The number of aromatic hydroxyl groups is 1. The Morgan fingerprint density at radius 2 is 1.79 bits per heavy atom. The van der Waals surface area contributed by atoms with Crippen molar-refractivity contribution in [2.75, 3.05) is 0 Å². The van der Waals surface area contributed by atoms with Gasteiger partial charge in [-0.2, -0.15) is 0 Å². The van der Waals surface area contributed by atoms with Crippen molar-refractivity contribution >= 4 is 46.0 Å². The molecule has 0 saturated heterocycles. The first-order valence-corrected chi connectivity index (χ1v) is 12.8. The largest absolute Gasteiger partial charge is 0.494 e. The van der Waals surface area contributed by atoms with Crippen LogP contribution < -0.4 is 0 Å². The van der Waals surface area contributed by atoms with Crippen molar-refractivity contribution in [2.45, 2.75) is 52.9 Å². The van der Waals surface area contributed by atoms with E-state index in [1.54, 1.807) is 52.1 Å². The number of pyridine rings is 1. The standard InChI is InChI=1S/C29H28Cl2N2O5/c1-17-24(28(36)37-16-18-8-6-5-7-9-18)25(20-11-10-19(30)14-21(20)31)26-22(32-17)15-33(27(26)35)13-12-23(34)38-29(2,3)4/h5-11,14-15,35H,12-13,16H2,1-4H3. The number of benzene rings is 2. The molecule has 198 valence electrons. The normalized spacial score (nSPS) is 11.5. The van der Waals surface area contributed by atoms with Crippen LogP contribution in [-0.2, 0) is 27.4 Å². The number of fused-ring (bicyclic) bond motifs is 1. The fourth-order valence-corrected chi connectivity index (χ4v) is 4.68. The zero-order valence-electron chi connectivity index (χ0n) is 21.5. The van der Waals surface area contributed by atoms with E-state index in [4.69, 9.17) is 32.7 Å². The van der Waals surface area contributed by atoms with Gasteiger partial charge in [0.1, 0.15) is 12.2 Å². The Balaban J connectivity index is 1.80. The maximum Gasteiger partial charge on any atom is 0.340 e. The van der Waals surface area contributed by atoms with Crippen LogP contribution in [0.25, 0.3) is 22.0 Å². The number of carbonyl (C=O) groups excluding carboxylic acids is 2. The number of nitrogens with zero attached hydrogens (tertiary/aromatic N) is 2. The summed E-state index contributed by atoms with van der Waals surface area (Å²) in [6, 6.07) is 14.2. The highest BCUT2D eigenvalue weighted by molar-refractivity contribution is 6.37. The van der Waals surface area contributed by atoms with Crippen LogP contribution in [0.5, 0.6) is 5.88 Å². The Morgan fingerprint density at radius 3 is 2.45 bits per heavy atom. The van der Waals surface area contributed by atoms with E-state index in [0.717, 1.165) is 5.56 Å². The third-order valence-corrected chi connectivity index (χ3v) is 6.32. The van der Waals surface area contributed by atoms with Gasteiger partial charge in [-0.15, -0.1) is 0 Å². The van der Waals surface area contributed by atoms with E-state index in [1.807, 2.05) is 30.3 Å². The predicted molar refractivity (Wildman–Crippen MR) is 148 cm³/mol. The Morgan fingerprint density at radius 1 is 1.08 bits per heavy atom. The molecule has 0 spiro atoms. The van der Waals surface area contributed by atoms with Gasteiger partial charge >= 0.3 is 11.9 Å². The summed E-state index contributed by atoms with van der Waals surface area (Å²) in [6.45, 7) is 7.28. The minimum atomic E-state index is -0.618. The van der Waals surface area contributed by atoms with Crippen molar-refractivity contribution in [3.63, 3.8) is 0 Å². The lowest BCUT2D eigenvalue weighted by Crippen LogP contribution is -2.24. The highest BCUT2D eigenvalue weighted by Crippen LogP contribution is 2.42. The third-order valence-electron chi connectivity index (χ3n) is 5.77. The fraction of sp³-hybridized carbons (Fsp3) is 0.276. The Kier molecular flexibility index (Phi) is 7.99. The summed E-state index contributed by atoms with van der Waals surface area (Å²) in [5.41, 5.74) is 2.09. The molecule has 0 aliphatic heterocycles. The number of aromatic nitrogens is 2.